The van der Waals surface area contributed by atoms with E-state index in [4.69, 9.17) is 0 Å². The lowest BCUT2D eigenvalue weighted by atomic mass is 10.2. The third kappa shape index (κ3) is 4.83. The maximum atomic E-state index is 12.5. The van der Waals surface area contributed by atoms with E-state index >= 15 is 0 Å². The van der Waals surface area contributed by atoms with Gasteiger partial charge in [0.15, 0.2) is 4.34 Å². The summed E-state index contributed by atoms with van der Waals surface area (Å²) in [7, 11) is 0. The Morgan fingerprint density at radius 3 is 2.69 bits per heavy atom. The first-order chi connectivity index (χ1) is 12.7. The van der Waals surface area contributed by atoms with Crippen LogP contribution in [0.1, 0.15) is 12.5 Å². The number of amides is 1. The molecule has 0 unspecified atom stereocenters. The van der Waals surface area contributed by atoms with Crippen LogP contribution in [0.2, 0.25) is 0 Å². The van der Waals surface area contributed by atoms with Crippen molar-refractivity contribution >= 4 is 45.5 Å². The number of rotatable bonds is 7. The van der Waals surface area contributed by atoms with E-state index in [1.807, 2.05) is 62.4 Å². The molecule has 0 aliphatic heterocycles. The van der Waals surface area contributed by atoms with Crippen LogP contribution >= 0.6 is 23.1 Å². The first kappa shape index (κ1) is 18.4. The van der Waals surface area contributed by atoms with Gasteiger partial charge in [0.25, 0.3) is 0 Å². The first-order valence-electron chi connectivity index (χ1n) is 8.31. The van der Waals surface area contributed by atoms with Crippen LogP contribution in [0.25, 0.3) is 0 Å². The van der Waals surface area contributed by atoms with Gasteiger partial charge in [0.2, 0.25) is 11.0 Å². The normalized spacial score (nSPS) is 10.5. The Morgan fingerprint density at radius 1 is 1.15 bits per heavy atom. The lowest BCUT2D eigenvalue weighted by molar-refractivity contribution is -0.116. The smallest absolute Gasteiger partial charge is 0.237 e. The molecule has 5 nitrogen and oxygen atoms in total. The number of hydrogen-bond donors (Lipinski definition) is 1. The van der Waals surface area contributed by atoms with Gasteiger partial charge >= 0.3 is 0 Å². The van der Waals surface area contributed by atoms with Crippen LogP contribution in [0, 0.1) is 6.92 Å². The number of nitrogens with one attached hydrogen (secondary N) is 1. The fourth-order valence-electron chi connectivity index (χ4n) is 2.48. The minimum absolute atomic E-state index is 0.0621. The van der Waals surface area contributed by atoms with Gasteiger partial charge in [-0.3, -0.25) is 4.79 Å². The summed E-state index contributed by atoms with van der Waals surface area (Å²) >= 11 is 2.86. The van der Waals surface area contributed by atoms with Crippen LogP contribution in [0.5, 0.6) is 0 Å². The predicted octanol–water partition coefficient (Wildman–Crippen LogP) is 4.74. The van der Waals surface area contributed by atoms with Gasteiger partial charge in [-0.25, -0.2) is 0 Å². The number of aryl methyl sites for hydroxylation is 1. The number of carbonyl (C=O) groups is 1. The van der Waals surface area contributed by atoms with E-state index in [-0.39, 0.29) is 5.91 Å². The van der Waals surface area contributed by atoms with Crippen molar-refractivity contribution < 1.29 is 4.79 Å². The highest BCUT2D eigenvalue weighted by Crippen LogP contribution is 2.28. The molecule has 1 aromatic heterocycles. The molecule has 1 N–H and O–H groups in total. The molecule has 7 heteroatoms. The van der Waals surface area contributed by atoms with Crippen molar-refractivity contribution in [1.29, 1.82) is 0 Å². The Hall–Kier alpha value is -2.38. The van der Waals surface area contributed by atoms with Crippen molar-refractivity contribution in [1.82, 2.24) is 10.2 Å². The molecular weight excluding hydrogens is 364 g/mol. The third-order valence-corrected chi connectivity index (χ3v) is 5.64. The van der Waals surface area contributed by atoms with Gasteiger partial charge in [-0.05, 0) is 43.7 Å². The van der Waals surface area contributed by atoms with E-state index in [2.05, 4.69) is 21.6 Å². The van der Waals surface area contributed by atoms with Crippen molar-refractivity contribution in [3.63, 3.8) is 0 Å². The average Bonchev–Trinajstić information content (AvgIpc) is 3.09. The molecule has 0 radical (unpaired) electrons. The highest BCUT2D eigenvalue weighted by atomic mass is 32.2. The second-order valence-electron chi connectivity index (χ2n) is 5.63. The van der Waals surface area contributed by atoms with E-state index in [0.29, 0.717) is 12.3 Å². The molecule has 0 spiro atoms. The second kappa shape index (κ2) is 8.82. The Morgan fingerprint density at radius 2 is 1.96 bits per heavy atom. The van der Waals surface area contributed by atoms with Gasteiger partial charge in [0.1, 0.15) is 0 Å². The zero-order valence-electron chi connectivity index (χ0n) is 14.7. The van der Waals surface area contributed by atoms with Crippen LogP contribution in [0.15, 0.2) is 58.9 Å². The number of carbonyl (C=O) groups excluding carboxylic acids is 1. The van der Waals surface area contributed by atoms with Crippen molar-refractivity contribution in [3.05, 3.63) is 60.2 Å². The van der Waals surface area contributed by atoms with Crippen LogP contribution in [0.3, 0.4) is 0 Å². The zero-order valence-corrected chi connectivity index (χ0v) is 16.3. The van der Waals surface area contributed by atoms with Crippen molar-refractivity contribution in [2.75, 3.05) is 22.5 Å². The van der Waals surface area contributed by atoms with Crippen LogP contribution < -0.4 is 10.2 Å². The monoisotopic (exact) mass is 384 g/mol. The Balaban J connectivity index is 1.58. The summed E-state index contributed by atoms with van der Waals surface area (Å²) in [4.78, 5) is 14.3. The van der Waals surface area contributed by atoms with E-state index in [1.165, 1.54) is 28.7 Å². The molecule has 0 saturated heterocycles. The standard InChI is InChI=1S/C19H20N4OS2/c1-3-23(16-10-5-4-6-11-16)17(24)13-25-19-22-21-18(26-19)20-15-9-7-8-14(2)12-15/h4-12H,3,13H2,1-2H3,(H,20,21). The molecule has 0 fully saturated rings. The van der Waals surface area contributed by atoms with Crippen LogP contribution in [0.4, 0.5) is 16.5 Å². The number of para-hydroxylation sites is 1. The molecule has 0 atom stereocenters. The number of hydrogen-bond acceptors (Lipinski definition) is 6. The summed E-state index contributed by atoms with van der Waals surface area (Å²) in [6.45, 7) is 4.66. The molecule has 3 aromatic rings. The molecule has 0 bridgehead atoms. The van der Waals surface area contributed by atoms with E-state index < -0.39 is 0 Å². The maximum absolute atomic E-state index is 12.5. The lowest BCUT2D eigenvalue weighted by Gasteiger charge is -2.20. The quantitative estimate of drug-likeness (QED) is 0.597. The SMILES string of the molecule is CCN(C(=O)CSc1nnc(Nc2cccc(C)c2)s1)c1ccccc1. The van der Waals surface area contributed by atoms with Crippen LogP contribution in [-0.4, -0.2) is 28.4 Å². The van der Waals surface area contributed by atoms with Crippen molar-refractivity contribution in [2.24, 2.45) is 0 Å². The molecule has 2 aromatic carbocycles. The number of nitrogens with zero attached hydrogens (tertiary/aromatic N) is 3. The topological polar surface area (TPSA) is 58.1 Å². The molecule has 0 aliphatic carbocycles. The van der Waals surface area contributed by atoms with E-state index in [9.17, 15) is 4.79 Å². The minimum atomic E-state index is 0.0621. The third-order valence-electron chi connectivity index (χ3n) is 3.68. The fourth-order valence-corrected chi connectivity index (χ4v) is 4.13. The first-order valence-corrected chi connectivity index (χ1v) is 10.1. The van der Waals surface area contributed by atoms with Gasteiger partial charge in [-0.15, -0.1) is 10.2 Å². The molecule has 134 valence electrons. The highest BCUT2D eigenvalue weighted by molar-refractivity contribution is 8.01. The number of thioether (sulfide) groups is 1. The number of aromatic nitrogens is 2. The predicted molar refractivity (Wildman–Crippen MR) is 110 cm³/mol. The minimum Gasteiger partial charge on any atom is -0.330 e. The fraction of sp³-hybridized carbons (Fsp3) is 0.211. The molecule has 0 aliphatic rings. The summed E-state index contributed by atoms with van der Waals surface area (Å²) in [5.41, 5.74) is 3.08. The average molecular weight is 385 g/mol. The van der Waals surface area contributed by atoms with Crippen molar-refractivity contribution in [3.8, 4) is 0 Å². The summed E-state index contributed by atoms with van der Waals surface area (Å²) < 4.78 is 0.776. The molecule has 3 rings (SSSR count). The van der Waals surface area contributed by atoms with Gasteiger partial charge < -0.3 is 10.2 Å². The Kier molecular flexibility index (Phi) is 6.25. The van der Waals surface area contributed by atoms with Crippen molar-refractivity contribution in [2.45, 2.75) is 18.2 Å². The van der Waals surface area contributed by atoms with E-state index in [0.717, 1.165) is 20.8 Å². The maximum Gasteiger partial charge on any atom is 0.237 e. The largest absolute Gasteiger partial charge is 0.330 e. The summed E-state index contributed by atoms with van der Waals surface area (Å²) in [5.74, 6) is 0.397. The number of anilines is 3. The summed E-state index contributed by atoms with van der Waals surface area (Å²) in [5, 5.41) is 12.3. The zero-order chi connectivity index (χ0) is 18.4. The summed E-state index contributed by atoms with van der Waals surface area (Å²) in [6, 6.07) is 17.8. The lowest BCUT2D eigenvalue weighted by Crippen LogP contribution is -2.32. The molecule has 26 heavy (non-hydrogen) atoms. The Bertz CT molecular complexity index is 867. The number of benzene rings is 2. The van der Waals surface area contributed by atoms with Gasteiger partial charge in [0, 0.05) is 17.9 Å². The molecule has 0 saturated carbocycles. The second-order valence-corrected chi connectivity index (χ2v) is 7.83. The molecular formula is C19H20N4OS2. The van der Waals surface area contributed by atoms with Crippen LogP contribution in [-0.2, 0) is 4.79 Å². The van der Waals surface area contributed by atoms with Gasteiger partial charge in [-0.1, -0.05) is 53.4 Å². The Labute approximate surface area is 161 Å². The van der Waals surface area contributed by atoms with Gasteiger partial charge in [-0.2, -0.15) is 0 Å². The molecule has 1 heterocycles. The highest BCUT2D eigenvalue weighted by Gasteiger charge is 2.15. The molecule has 1 amide bonds. The van der Waals surface area contributed by atoms with E-state index in [1.54, 1.807) is 4.90 Å². The summed E-state index contributed by atoms with van der Waals surface area (Å²) in [6.07, 6.45) is 0. The van der Waals surface area contributed by atoms with Gasteiger partial charge in [0.05, 0.1) is 5.75 Å².